The lowest BCUT2D eigenvalue weighted by Crippen LogP contribution is -2.22. The smallest absolute Gasteiger partial charge is 0.269 e. The van der Waals surface area contributed by atoms with Gasteiger partial charge in [-0.25, -0.2) is 4.98 Å². The van der Waals surface area contributed by atoms with E-state index >= 15 is 0 Å². The molecule has 2 aromatic heterocycles. The number of nitrogens with zero attached hydrogens (tertiary/aromatic N) is 5. The molecule has 9 nitrogen and oxygen atoms in total. The van der Waals surface area contributed by atoms with Crippen molar-refractivity contribution < 1.29 is 9.34 Å². The Morgan fingerprint density at radius 1 is 1.23 bits per heavy atom. The van der Waals surface area contributed by atoms with Crippen LogP contribution in [-0.2, 0) is 12.3 Å². The molecular formula is C20H14ClN5O4S. The van der Waals surface area contributed by atoms with Crippen LogP contribution in [-0.4, -0.2) is 24.7 Å². The van der Waals surface area contributed by atoms with Gasteiger partial charge in [0, 0.05) is 29.3 Å². The van der Waals surface area contributed by atoms with Gasteiger partial charge >= 0.3 is 0 Å². The van der Waals surface area contributed by atoms with Gasteiger partial charge in [-0.1, -0.05) is 29.4 Å². The first kappa shape index (κ1) is 20.8. The van der Waals surface area contributed by atoms with Gasteiger partial charge in [0.05, 0.1) is 21.6 Å². The van der Waals surface area contributed by atoms with Crippen molar-refractivity contribution in [1.29, 1.82) is 0 Å². The van der Waals surface area contributed by atoms with E-state index in [2.05, 4.69) is 21.8 Å². The first-order valence-electron chi connectivity index (χ1n) is 8.97. The van der Waals surface area contributed by atoms with Crippen molar-refractivity contribution >= 4 is 40.0 Å². The lowest BCUT2D eigenvalue weighted by molar-refractivity contribution is -0.384. The third-order valence-electron chi connectivity index (χ3n) is 4.31. The standard InChI is InChI=1S/C20H14ClN5O4S/c1-2-9-25-19(27)15-8-5-13(21)10-16(15)22-20(25)31-11-17-23-24-18(30-17)12-3-6-14(7-4-12)26(28)29/h2-8,10H,1,9,11H2. The maximum Gasteiger partial charge on any atom is 0.269 e. The SMILES string of the molecule is C=CCn1c(SCc2nnc(-c3ccc([N+](=O)[O-])cc3)o2)nc2cc(Cl)ccc2c1=O. The molecule has 0 fully saturated rings. The van der Waals surface area contributed by atoms with Gasteiger partial charge < -0.3 is 4.42 Å². The Morgan fingerprint density at radius 2 is 2.00 bits per heavy atom. The molecule has 0 radical (unpaired) electrons. The Balaban J connectivity index is 1.59. The summed E-state index contributed by atoms with van der Waals surface area (Å²) in [6, 6.07) is 10.8. The molecule has 4 rings (SSSR count). The monoisotopic (exact) mass is 455 g/mol. The number of hydrogen-bond donors (Lipinski definition) is 0. The molecule has 31 heavy (non-hydrogen) atoms. The fraction of sp³-hybridized carbons (Fsp3) is 0.100. The van der Waals surface area contributed by atoms with Crippen molar-refractivity contribution in [3.05, 3.63) is 86.5 Å². The summed E-state index contributed by atoms with van der Waals surface area (Å²) in [6.07, 6.45) is 1.62. The van der Waals surface area contributed by atoms with E-state index in [1.807, 2.05) is 0 Å². The number of halogens is 1. The van der Waals surface area contributed by atoms with Crippen LogP contribution in [0.2, 0.25) is 5.02 Å². The van der Waals surface area contributed by atoms with Crippen molar-refractivity contribution in [1.82, 2.24) is 19.7 Å². The predicted molar refractivity (Wildman–Crippen MR) is 117 cm³/mol. The van der Waals surface area contributed by atoms with Crippen LogP contribution in [0, 0.1) is 10.1 Å². The molecule has 0 amide bonds. The number of aromatic nitrogens is 4. The summed E-state index contributed by atoms with van der Waals surface area (Å²) in [5, 5.41) is 20.2. The number of hydrogen-bond acceptors (Lipinski definition) is 8. The molecule has 0 saturated carbocycles. The zero-order valence-electron chi connectivity index (χ0n) is 15.9. The molecule has 156 valence electrons. The Bertz CT molecular complexity index is 1350. The average Bonchev–Trinajstić information content (AvgIpc) is 3.23. The van der Waals surface area contributed by atoms with E-state index in [0.717, 1.165) is 0 Å². The lowest BCUT2D eigenvalue weighted by atomic mass is 10.2. The number of nitro groups is 1. The first-order valence-corrected chi connectivity index (χ1v) is 10.3. The van der Waals surface area contributed by atoms with Gasteiger partial charge in [0.15, 0.2) is 5.16 Å². The van der Waals surface area contributed by atoms with E-state index in [4.69, 9.17) is 16.0 Å². The lowest BCUT2D eigenvalue weighted by Gasteiger charge is -2.10. The van der Waals surface area contributed by atoms with Crippen molar-refractivity contribution in [2.24, 2.45) is 0 Å². The van der Waals surface area contributed by atoms with E-state index in [-0.39, 0.29) is 22.9 Å². The molecule has 2 heterocycles. The highest BCUT2D eigenvalue weighted by molar-refractivity contribution is 7.98. The molecule has 0 aliphatic carbocycles. The molecule has 0 aliphatic heterocycles. The summed E-state index contributed by atoms with van der Waals surface area (Å²) < 4.78 is 7.17. The molecule has 0 N–H and O–H groups in total. The van der Waals surface area contributed by atoms with E-state index in [1.54, 1.807) is 36.4 Å². The quantitative estimate of drug-likeness (QED) is 0.131. The van der Waals surface area contributed by atoms with Crippen LogP contribution >= 0.6 is 23.4 Å². The molecule has 0 aliphatic rings. The van der Waals surface area contributed by atoms with Gasteiger partial charge in [0.25, 0.3) is 11.2 Å². The first-order chi connectivity index (χ1) is 15.0. The Morgan fingerprint density at radius 3 is 2.71 bits per heavy atom. The highest BCUT2D eigenvalue weighted by atomic mass is 35.5. The topological polar surface area (TPSA) is 117 Å². The highest BCUT2D eigenvalue weighted by Gasteiger charge is 2.15. The predicted octanol–water partition coefficient (Wildman–Crippen LogP) is 4.49. The summed E-state index contributed by atoms with van der Waals surface area (Å²) in [5.74, 6) is 0.839. The second-order valence-electron chi connectivity index (χ2n) is 6.35. The van der Waals surface area contributed by atoms with Gasteiger partial charge in [-0.3, -0.25) is 19.5 Å². The zero-order valence-corrected chi connectivity index (χ0v) is 17.5. The summed E-state index contributed by atoms with van der Waals surface area (Å²) in [4.78, 5) is 27.7. The van der Waals surface area contributed by atoms with E-state index in [1.165, 1.54) is 28.5 Å². The molecule has 4 aromatic rings. The maximum atomic E-state index is 12.8. The molecule has 0 spiro atoms. The number of rotatable bonds is 7. The summed E-state index contributed by atoms with van der Waals surface area (Å²) in [7, 11) is 0. The minimum atomic E-state index is -0.480. The number of thioether (sulfide) groups is 1. The number of benzene rings is 2. The maximum absolute atomic E-state index is 12.8. The minimum absolute atomic E-state index is 0.0262. The Kier molecular flexibility index (Phi) is 5.83. The van der Waals surface area contributed by atoms with Crippen molar-refractivity contribution in [2.45, 2.75) is 17.5 Å². The zero-order chi connectivity index (χ0) is 22.0. The normalized spacial score (nSPS) is 11.0. The van der Waals surface area contributed by atoms with Crippen LogP contribution in [0.15, 0.2) is 69.5 Å². The van der Waals surface area contributed by atoms with Gasteiger partial charge in [-0.15, -0.1) is 16.8 Å². The van der Waals surface area contributed by atoms with Crippen LogP contribution in [0.5, 0.6) is 0 Å². The Labute approximate surface area is 184 Å². The average molecular weight is 456 g/mol. The highest BCUT2D eigenvalue weighted by Crippen LogP contribution is 2.26. The minimum Gasteiger partial charge on any atom is -0.420 e. The molecule has 0 saturated heterocycles. The van der Waals surface area contributed by atoms with Crippen LogP contribution in [0.1, 0.15) is 5.89 Å². The second-order valence-corrected chi connectivity index (χ2v) is 7.73. The number of allylic oxidation sites excluding steroid dienone is 1. The van der Waals surface area contributed by atoms with E-state index in [9.17, 15) is 14.9 Å². The largest absolute Gasteiger partial charge is 0.420 e. The second kappa shape index (κ2) is 8.70. The van der Waals surface area contributed by atoms with Gasteiger partial charge in [0.1, 0.15) is 0 Å². The number of nitro benzene ring substituents is 1. The number of fused-ring (bicyclic) bond motifs is 1. The van der Waals surface area contributed by atoms with E-state index in [0.29, 0.717) is 39.1 Å². The van der Waals surface area contributed by atoms with Crippen molar-refractivity contribution in [3.8, 4) is 11.5 Å². The van der Waals surface area contributed by atoms with Gasteiger partial charge in [0.2, 0.25) is 11.8 Å². The molecular weight excluding hydrogens is 442 g/mol. The third kappa shape index (κ3) is 4.35. The molecule has 0 unspecified atom stereocenters. The summed E-state index contributed by atoms with van der Waals surface area (Å²) in [5.41, 5.74) is 0.844. The fourth-order valence-corrected chi connectivity index (χ4v) is 3.87. The Hall–Kier alpha value is -3.50. The molecule has 2 aromatic carbocycles. The van der Waals surface area contributed by atoms with Crippen LogP contribution in [0.25, 0.3) is 22.4 Å². The fourth-order valence-electron chi connectivity index (χ4n) is 2.85. The van der Waals surface area contributed by atoms with E-state index < -0.39 is 4.92 Å². The van der Waals surface area contributed by atoms with Gasteiger partial charge in [-0.05, 0) is 30.3 Å². The summed E-state index contributed by atoms with van der Waals surface area (Å²) in [6.45, 7) is 4.00. The number of non-ortho nitro benzene ring substituents is 1. The summed E-state index contributed by atoms with van der Waals surface area (Å²) >= 11 is 7.31. The van der Waals surface area contributed by atoms with Crippen LogP contribution in [0.4, 0.5) is 5.69 Å². The third-order valence-corrected chi connectivity index (χ3v) is 5.51. The van der Waals surface area contributed by atoms with Crippen LogP contribution in [0.3, 0.4) is 0 Å². The molecule has 0 atom stereocenters. The van der Waals surface area contributed by atoms with Crippen LogP contribution < -0.4 is 5.56 Å². The molecule has 11 heteroatoms. The van der Waals surface area contributed by atoms with Gasteiger partial charge in [-0.2, -0.15) is 0 Å². The van der Waals surface area contributed by atoms with Crippen molar-refractivity contribution in [2.75, 3.05) is 0 Å². The molecule has 0 bridgehead atoms. The van der Waals surface area contributed by atoms with Crippen molar-refractivity contribution in [3.63, 3.8) is 0 Å².